The summed E-state index contributed by atoms with van der Waals surface area (Å²) in [5, 5.41) is 4.92. The van der Waals surface area contributed by atoms with Gasteiger partial charge in [0.2, 0.25) is 0 Å². The van der Waals surface area contributed by atoms with Gasteiger partial charge in [-0.1, -0.05) is 43.4 Å². The number of nitrogens with one attached hydrogen (secondary N) is 2. The fourth-order valence-corrected chi connectivity index (χ4v) is 3.13. The van der Waals surface area contributed by atoms with Crippen molar-refractivity contribution in [2.45, 2.75) is 39.4 Å². The highest BCUT2D eigenvalue weighted by Gasteiger charge is 2.24. The number of rotatable bonds is 3. The summed E-state index contributed by atoms with van der Waals surface area (Å²) >= 11 is 0. The molecule has 0 saturated heterocycles. The van der Waals surface area contributed by atoms with Crippen LogP contribution in [0.25, 0.3) is 0 Å². The molecule has 2 N–H and O–H groups in total. The molecule has 0 aliphatic carbocycles. The van der Waals surface area contributed by atoms with Crippen molar-refractivity contribution in [3.63, 3.8) is 0 Å². The van der Waals surface area contributed by atoms with E-state index < -0.39 is 8.24 Å². The Labute approximate surface area is 94.2 Å². The van der Waals surface area contributed by atoms with E-state index in [0.29, 0.717) is 0 Å². The molecule has 0 bridgehead atoms. The molecular formula is C12H22N2Si. The summed E-state index contributed by atoms with van der Waals surface area (Å²) in [6, 6.07) is 10.7. The molecule has 0 aliphatic rings. The molecular weight excluding hydrogens is 200 g/mol. The SMILES string of the molecule is CC(C)(C)NN[Si](C)(C)c1ccccc1. The zero-order valence-electron chi connectivity index (χ0n) is 10.4. The zero-order chi connectivity index (χ0) is 11.5. The van der Waals surface area contributed by atoms with Crippen LogP contribution in [-0.2, 0) is 0 Å². The average Bonchev–Trinajstić information content (AvgIpc) is 2.16. The van der Waals surface area contributed by atoms with Gasteiger partial charge in [0.05, 0.1) is 0 Å². The van der Waals surface area contributed by atoms with Gasteiger partial charge in [-0.25, -0.2) is 0 Å². The normalized spacial score (nSPS) is 12.9. The van der Waals surface area contributed by atoms with Crippen molar-refractivity contribution < 1.29 is 0 Å². The Bertz CT molecular complexity index is 301. The van der Waals surface area contributed by atoms with Crippen LogP contribution in [0, 0.1) is 0 Å². The van der Waals surface area contributed by atoms with Crippen molar-refractivity contribution in [2.75, 3.05) is 0 Å². The van der Waals surface area contributed by atoms with Crippen molar-refractivity contribution in [1.29, 1.82) is 0 Å². The van der Waals surface area contributed by atoms with Gasteiger partial charge in [0.1, 0.15) is 0 Å². The third-order valence-electron chi connectivity index (χ3n) is 2.25. The highest BCUT2D eigenvalue weighted by atomic mass is 28.3. The van der Waals surface area contributed by atoms with Crippen LogP contribution in [0.1, 0.15) is 20.8 Å². The number of benzene rings is 1. The third kappa shape index (κ3) is 4.16. The maximum absolute atomic E-state index is 3.50. The lowest BCUT2D eigenvalue weighted by molar-refractivity contribution is 0.405. The van der Waals surface area contributed by atoms with Gasteiger partial charge in [0, 0.05) is 5.54 Å². The maximum Gasteiger partial charge on any atom is 0.166 e. The summed E-state index contributed by atoms with van der Waals surface area (Å²) in [4.78, 5) is 0. The van der Waals surface area contributed by atoms with Gasteiger partial charge in [-0.15, -0.1) is 0 Å². The van der Waals surface area contributed by atoms with Crippen molar-refractivity contribution in [2.24, 2.45) is 0 Å². The number of hydrogen-bond donors (Lipinski definition) is 2. The molecule has 0 spiro atoms. The Morgan fingerprint density at radius 3 is 2.00 bits per heavy atom. The minimum absolute atomic E-state index is 0.110. The Morgan fingerprint density at radius 1 is 1.00 bits per heavy atom. The predicted octanol–water partition coefficient (Wildman–Crippen LogP) is 1.99. The van der Waals surface area contributed by atoms with Gasteiger partial charge < -0.3 is 0 Å². The Kier molecular flexibility index (Phi) is 3.70. The van der Waals surface area contributed by atoms with E-state index in [2.05, 4.69) is 74.7 Å². The molecule has 0 radical (unpaired) electrons. The van der Waals surface area contributed by atoms with E-state index in [0.717, 1.165) is 0 Å². The molecule has 0 aromatic heterocycles. The summed E-state index contributed by atoms with van der Waals surface area (Å²) in [5.74, 6) is 0. The Balaban J connectivity index is 2.68. The number of hydrogen-bond acceptors (Lipinski definition) is 2. The molecule has 3 heteroatoms. The summed E-state index contributed by atoms with van der Waals surface area (Å²) in [5.41, 5.74) is 3.48. The Morgan fingerprint density at radius 2 is 1.53 bits per heavy atom. The van der Waals surface area contributed by atoms with Gasteiger partial charge in [-0.2, -0.15) is 0 Å². The molecule has 1 aromatic rings. The number of hydrazine groups is 1. The molecule has 0 atom stereocenters. The zero-order valence-corrected chi connectivity index (χ0v) is 11.4. The molecule has 0 heterocycles. The third-order valence-corrected chi connectivity index (χ3v) is 4.77. The van der Waals surface area contributed by atoms with Crippen molar-refractivity contribution >= 4 is 13.4 Å². The first kappa shape index (κ1) is 12.4. The molecule has 0 aliphatic heterocycles. The van der Waals surface area contributed by atoms with Crippen molar-refractivity contribution in [3.8, 4) is 0 Å². The van der Waals surface area contributed by atoms with Crippen LogP contribution in [-0.4, -0.2) is 13.8 Å². The van der Waals surface area contributed by atoms with E-state index in [-0.39, 0.29) is 5.54 Å². The smallest absolute Gasteiger partial charge is 0.166 e. The largest absolute Gasteiger partial charge is 0.274 e. The van der Waals surface area contributed by atoms with Crippen LogP contribution >= 0.6 is 0 Å². The highest BCUT2D eigenvalue weighted by molar-refractivity contribution is 6.87. The minimum atomic E-state index is -1.55. The predicted molar refractivity (Wildman–Crippen MR) is 69.6 cm³/mol. The van der Waals surface area contributed by atoms with Gasteiger partial charge >= 0.3 is 0 Å². The van der Waals surface area contributed by atoms with Gasteiger partial charge in [-0.05, 0) is 26.0 Å². The van der Waals surface area contributed by atoms with E-state index in [4.69, 9.17) is 0 Å². The monoisotopic (exact) mass is 222 g/mol. The molecule has 84 valence electrons. The summed E-state index contributed by atoms with van der Waals surface area (Å²) in [6.45, 7) is 11.1. The lowest BCUT2D eigenvalue weighted by atomic mass is 10.1. The molecule has 2 nitrogen and oxygen atoms in total. The molecule has 0 fully saturated rings. The summed E-state index contributed by atoms with van der Waals surface area (Å²) in [7, 11) is -1.55. The lowest BCUT2D eigenvalue weighted by Crippen LogP contribution is -2.64. The standard InChI is InChI=1S/C12H22N2Si/c1-12(2,3)13-14-15(4,5)11-9-7-6-8-10-11/h6-10,13-14H,1-5H3. The van der Waals surface area contributed by atoms with Crippen molar-refractivity contribution in [3.05, 3.63) is 30.3 Å². The van der Waals surface area contributed by atoms with Crippen LogP contribution in [0.3, 0.4) is 0 Å². The van der Waals surface area contributed by atoms with E-state index in [9.17, 15) is 0 Å². The quantitative estimate of drug-likeness (QED) is 0.604. The molecule has 0 saturated carbocycles. The summed E-state index contributed by atoms with van der Waals surface area (Å²) < 4.78 is 0. The molecule has 1 aromatic carbocycles. The Hall–Kier alpha value is -0.643. The van der Waals surface area contributed by atoms with Gasteiger partial charge in [0.15, 0.2) is 8.24 Å². The lowest BCUT2D eigenvalue weighted by Gasteiger charge is -2.30. The second-order valence-electron chi connectivity index (χ2n) is 5.49. The molecule has 1 rings (SSSR count). The fourth-order valence-electron chi connectivity index (χ4n) is 1.27. The second kappa shape index (κ2) is 4.47. The minimum Gasteiger partial charge on any atom is -0.274 e. The average molecular weight is 222 g/mol. The van der Waals surface area contributed by atoms with E-state index in [1.54, 1.807) is 0 Å². The van der Waals surface area contributed by atoms with E-state index in [1.807, 2.05) is 0 Å². The van der Waals surface area contributed by atoms with Crippen molar-refractivity contribution in [1.82, 2.24) is 10.5 Å². The van der Waals surface area contributed by atoms with Crippen LogP contribution in [0.5, 0.6) is 0 Å². The molecule has 0 amide bonds. The van der Waals surface area contributed by atoms with Crippen LogP contribution < -0.4 is 15.7 Å². The summed E-state index contributed by atoms with van der Waals surface area (Å²) in [6.07, 6.45) is 0. The first-order valence-corrected chi connectivity index (χ1v) is 8.41. The topological polar surface area (TPSA) is 24.1 Å². The first-order chi connectivity index (χ1) is 6.81. The highest BCUT2D eigenvalue weighted by Crippen LogP contribution is 2.01. The van der Waals surface area contributed by atoms with Gasteiger partial charge in [0.25, 0.3) is 0 Å². The fraction of sp³-hybridized carbons (Fsp3) is 0.500. The van der Waals surface area contributed by atoms with E-state index in [1.165, 1.54) is 5.19 Å². The molecule has 15 heavy (non-hydrogen) atoms. The van der Waals surface area contributed by atoms with E-state index >= 15 is 0 Å². The van der Waals surface area contributed by atoms with Crippen LogP contribution in [0.4, 0.5) is 0 Å². The molecule has 0 unspecified atom stereocenters. The first-order valence-electron chi connectivity index (χ1n) is 5.41. The van der Waals surface area contributed by atoms with Gasteiger partial charge in [-0.3, -0.25) is 10.5 Å². The van der Waals surface area contributed by atoms with Crippen LogP contribution in [0.15, 0.2) is 30.3 Å². The second-order valence-corrected chi connectivity index (χ2v) is 9.57. The van der Waals surface area contributed by atoms with Crippen LogP contribution in [0.2, 0.25) is 13.1 Å². The maximum atomic E-state index is 3.50.